The van der Waals surface area contributed by atoms with E-state index < -0.39 is 0 Å². The number of rotatable bonds is 16. The lowest BCUT2D eigenvalue weighted by Gasteiger charge is -1.99. The molecule has 0 spiro atoms. The summed E-state index contributed by atoms with van der Waals surface area (Å²) in [4.78, 5) is 9.17. The highest BCUT2D eigenvalue weighted by molar-refractivity contribution is 5.13. The van der Waals surface area contributed by atoms with Crippen LogP contribution in [-0.2, 0) is 16.4 Å². The van der Waals surface area contributed by atoms with E-state index in [0.717, 1.165) is 5.56 Å². The van der Waals surface area contributed by atoms with Gasteiger partial charge in [-0.05, 0) is 44.1 Å². The first-order valence-electron chi connectivity index (χ1n) is 11.3. The molecule has 0 fully saturated rings. The van der Waals surface area contributed by atoms with Crippen LogP contribution < -0.4 is 0 Å². The van der Waals surface area contributed by atoms with Crippen molar-refractivity contribution >= 4 is 0 Å². The summed E-state index contributed by atoms with van der Waals surface area (Å²) in [5.74, 6) is 0. The second kappa shape index (κ2) is 23.7. The van der Waals surface area contributed by atoms with Crippen molar-refractivity contribution in [3.63, 3.8) is 0 Å². The van der Waals surface area contributed by atoms with Gasteiger partial charge in [0.1, 0.15) is 6.61 Å². The predicted molar refractivity (Wildman–Crippen MR) is 123 cm³/mol. The van der Waals surface area contributed by atoms with E-state index in [1.807, 2.05) is 30.3 Å². The van der Waals surface area contributed by atoms with Crippen LogP contribution in [0.5, 0.6) is 0 Å². The molecule has 0 unspecified atom stereocenters. The minimum Gasteiger partial charge on any atom is -0.240 e. The Labute approximate surface area is 175 Å². The van der Waals surface area contributed by atoms with Gasteiger partial charge in [0.2, 0.25) is 0 Å². The van der Waals surface area contributed by atoms with Gasteiger partial charge in [-0.25, -0.2) is 9.78 Å². The van der Waals surface area contributed by atoms with Crippen molar-refractivity contribution < 1.29 is 9.78 Å². The molecule has 0 aliphatic carbocycles. The molecule has 0 N–H and O–H groups in total. The van der Waals surface area contributed by atoms with Crippen molar-refractivity contribution in [2.24, 2.45) is 0 Å². The summed E-state index contributed by atoms with van der Waals surface area (Å²) in [7, 11) is 1.50. The molecular weight excluding hydrogens is 344 g/mol. The predicted octanol–water partition coefficient (Wildman–Crippen LogP) is 8.58. The summed E-state index contributed by atoms with van der Waals surface area (Å²) < 4.78 is 0. The van der Waals surface area contributed by atoms with E-state index in [0.29, 0.717) is 6.61 Å². The number of unbranched alkanes of at least 4 members (excludes halogenated alkanes) is 9. The van der Waals surface area contributed by atoms with Crippen molar-refractivity contribution in [1.29, 1.82) is 0 Å². The lowest BCUT2D eigenvalue weighted by molar-refractivity contribution is -0.282. The van der Waals surface area contributed by atoms with E-state index in [1.165, 1.54) is 84.2 Å². The van der Waals surface area contributed by atoms with Crippen molar-refractivity contribution in [2.75, 3.05) is 7.11 Å². The van der Waals surface area contributed by atoms with Crippen LogP contribution in [0.15, 0.2) is 54.6 Å². The van der Waals surface area contributed by atoms with Crippen LogP contribution in [0.1, 0.15) is 96.5 Å². The molecule has 0 radical (unpaired) electrons. The number of benzene rings is 1. The van der Waals surface area contributed by atoms with E-state index in [9.17, 15) is 0 Å². The smallest absolute Gasteiger partial charge is 0.107 e. The molecule has 1 aromatic rings. The fourth-order valence-corrected chi connectivity index (χ4v) is 2.77. The first kappa shape index (κ1) is 26.6. The normalized spacial score (nSPS) is 11.1. The molecule has 1 rings (SSSR count). The van der Waals surface area contributed by atoms with Crippen LogP contribution in [0.3, 0.4) is 0 Å². The quantitative estimate of drug-likeness (QED) is 0.122. The standard InChI is InChI=1S/C18H34.C8H10O2/c1-3-5-7-9-11-13-15-17-18-16-14-12-10-8-6-4-2;1-9-10-7-8-5-3-2-4-6-8/h5,7,10,12H,3-4,6,8-9,11,13-18H2,1-2H3;2-6H,7H2,1H3/b7-5+,12-10-;. The number of hydrogen-bond acceptors (Lipinski definition) is 2. The van der Waals surface area contributed by atoms with Gasteiger partial charge in [0, 0.05) is 0 Å². The zero-order chi connectivity index (χ0) is 20.5. The maximum Gasteiger partial charge on any atom is 0.107 e. The van der Waals surface area contributed by atoms with Crippen molar-refractivity contribution in [1.82, 2.24) is 0 Å². The fraction of sp³-hybridized carbons (Fsp3) is 0.615. The van der Waals surface area contributed by atoms with Crippen molar-refractivity contribution in [3.8, 4) is 0 Å². The van der Waals surface area contributed by atoms with Gasteiger partial charge in [-0.15, -0.1) is 0 Å². The Morgan fingerprint density at radius 1 is 0.679 bits per heavy atom. The topological polar surface area (TPSA) is 18.5 Å². The van der Waals surface area contributed by atoms with Crippen molar-refractivity contribution in [3.05, 3.63) is 60.2 Å². The molecule has 0 amide bonds. The largest absolute Gasteiger partial charge is 0.240 e. The lowest BCUT2D eigenvalue weighted by atomic mass is 10.1. The fourth-order valence-electron chi connectivity index (χ4n) is 2.77. The van der Waals surface area contributed by atoms with Gasteiger partial charge in [-0.1, -0.05) is 107 Å². The molecule has 160 valence electrons. The summed E-state index contributed by atoms with van der Waals surface area (Å²) in [5.41, 5.74) is 1.12. The summed E-state index contributed by atoms with van der Waals surface area (Å²) >= 11 is 0. The summed E-state index contributed by atoms with van der Waals surface area (Å²) in [6.07, 6.45) is 25.5. The maximum atomic E-state index is 4.72. The van der Waals surface area contributed by atoms with Crippen LogP contribution >= 0.6 is 0 Å². The second-order valence-corrected chi connectivity index (χ2v) is 7.11. The molecule has 0 aromatic heterocycles. The van der Waals surface area contributed by atoms with Crippen LogP contribution in [0.4, 0.5) is 0 Å². The Morgan fingerprint density at radius 2 is 1.21 bits per heavy atom. The number of allylic oxidation sites excluding steroid dienone is 4. The van der Waals surface area contributed by atoms with Gasteiger partial charge >= 0.3 is 0 Å². The summed E-state index contributed by atoms with van der Waals surface area (Å²) in [6.45, 7) is 4.97. The first-order chi connectivity index (χ1) is 13.8. The Hall–Kier alpha value is -1.38. The van der Waals surface area contributed by atoms with Crippen LogP contribution in [0.2, 0.25) is 0 Å². The van der Waals surface area contributed by atoms with Gasteiger partial charge < -0.3 is 0 Å². The highest BCUT2D eigenvalue weighted by Gasteiger charge is 1.90. The van der Waals surface area contributed by atoms with Gasteiger partial charge in [0.05, 0.1) is 7.11 Å². The van der Waals surface area contributed by atoms with Gasteiger partial charge in [-0.3, -0.25) is 0 Å². The third-order valence-electron chi connectivity index (χ3n) is 4.47. The molecule has 0 saturated carbocycles. The Kier molecular flexibility index (Phi) is 22.5. The van der Waals surface area contributed by atoms with Gasteiger partial charge in [-0.2, -0.15) is 0 Å². The van der Waals surface area contributed by atoms with E-state index in [-0.39, 0.29) is 0 Å². The zero-order valence-electron chi connectivity index (χ0n) is 18.7. The molecular formula is C26H44O2. The molecule has 28 heavy (non-hydrogen) atoms. The van der Waals surface area contributed by atoms with Crippen LogP contribution in [-0.4, -0.2) is 7.11 Å². The molecule has 0 atom stereocenters. The lowest BCUT2D eigenvalue weighted by Crippen LogP contribution is -1.89. The zero-order valence-corrected chi connectivity index (χ0v) is 18.7. The van der Waals surface area contributed by atoms with E-state index in [4.69, 9.17) is 4.89 Å². The minimum absolute atomic E-state index is 0.511. The third-order valence-corrected chi connectivity index (χ3v) is 4.47. The molecule has 2 heteroatoms. The van der Waals surface area contributed by atoms with E-state index in [1.54, 1.807) is 0 Å². The van der Waals surface area contributed by atoms with E-state index >= 15 is 0 Å². The second-order valence-electron chi connectivity index (χ2n) is 7.11. The molecule has 0 saturated heterocycles. The molecule has 0 heterocycles. The highest BCUT2D eigenvalue weighted by Crippen LogP contribution is 2.09. The van der Waals surface area contributed by atoms with Crippen LogP contribution in [0, 0.1) is 0 Å². The molecule has 0 aliphatic heterocycles. The monoisotopic (exact) mass is 388 g/mol. The summed E-state index contributed by atoms with van der Waals surface area (Å²) in [6, 6.07) is 9.87. The number of hydrogen-bond donors (Lipinski definition) is 0. The Morgan fingerprint density at radius 3 is 1.75 bits per heavy atom. The SMILES string of the molecule is CC/C=C/CCCCCCCC/C=C\CCCC.COOCc1ccccc1. The average Bonchev–Trinajstić information content (AvgIpc) is 2.74. The Balaban J connectivity index is 0.000000609. The van der Waals surface area contributed by atoms with Gasteiger partial charge in [0.25, 0.3) is 0 Å². The third kappa shape index (κ3) is 20.9. The molecule has 0 bridgehead atoms. The Bertz CT molecular complexity index is 451. The first-order valence-corrected chi connectivity index (χ1v) is 11.3. The molecule has 0 aliphatic rings. The highest BCUT2D eigenvalue weighted by atomic mass is 17.2. The van der Waals surface area contributed by atoms with Crippen LogP contribution in [0.25, 0.3) is 0 Å². The average molecular weight is 389 g/mol. The van der Waals surface area contributed by atoms with Gasteiger partial charge in [0.15, 0.2) is 0 Å². The molecule has 2 nitrogen and oxygen atoms in total. The molecule has 1 aromatic carbocycles. The van der Waals surface area contributed by atoms with E-state index in [2.05, 4.69) is 43.0 Å². The minimum atomic E-state index is 0.511. The summed E-state index contributed by atoms with van der Waals surface area (Å²) in [5, 5.41) is 0. The van der Waals surface area contributed by atoms with Crippen molar-refractivity contribution in [2.45, 2.75) is 97.5 Å². The maximum absolute atomic E-state index is 4.72.